The van der Waals surface area contributed by atoms with E-state index in [4.69, 9.17) is 11.6 Å². The summed E-state index contributed by atoms with van der Waals surface area (Å²) in [5.74, 6) is 0.231. The van der Waals surface area contributed by atoms with Gasteiger partial charge in [-0.05, 0) is 55.2 Å². The second kappa shape index (κ2) is 8.97. The van der Waals surface area contributed by atoms with Gasteiger partial charge in [-0.25, -0.2) is 0 Å². The zero-order valence-electron chi connectivity index (χ0n) is 16.4. The van der Waals surface area contributed by atoms with Crippen LogP contribution in [0.1, 0.15) is 35.2 Å². The van der Waals surface area contributed by atoms with Gasteiger partial charge in [-0.15, -0.1) is 0 Å². The number of benzene rings is 2. The number of carbonyl (C=O) groups excluding carboxylic acids is 2. The van der Waals surface area contributed by atoms with E-state index in [9.17, 15) is 9.59 Å². The minimum absolute atomic E-state index is 0.0286. The number of rotatable bonds is 5. The smallest absolute Gasteiger partial charge is 0.253 e. The van der Waals surface area contributed by atoms with Gasteiger partial charge < -0.3 is 10.2 Å². The van der Waals surface area contributed by atoms with Crippen molar-refractivity contribution in [3.05, 3.63) is 64.7 Å². The molecule has 0 unspecified atom stereocenters. The molecule has 2 aromatic rings. The molecule has 1 heterocycles. The van der Waals surface area contributed by atoms with Crippen molar-refractivity contribution in [3.8, 4) is 0 Å². The molecule has 1 saturated carbocycles. The molecule has 2 aliphatic rings. The third kappa shape index (κ3) is 5.37. The van der Waals surface area contributed by atoms with Crippen molar-refractivity contribution in [2.75, 3.05) is 31.5 Å². The Balaban J connectivity index is 1.35. The lowest BCUT2D eigenvalue weighted by Gasteiger charge is -2.22. The highest BCUT2D eigenvalue weighted by molar-refractivity contribution is 6.30. The van der Waals surface area contributed by atoms with E-state index in [1.807, 2.05) is 35.2 Å². The van der Waals surface area contributed by atoms with Gasteiger partial charge >= 0.3 is 0 Å². The molecule has 29 heavy (non-hydrogen) atoms. The van der Waals surface area contributed by atoms with Crippen molar-refractivity contribution >= 4 is 29.1 Å². The summed E-state index contributed by atoms with van der Waals surface area (Å²) < 4.78 is 0. The van der Waals surface area contributed by atoms with E-state index in [-0.39, 0.29) is 17.7 Å². The van der Waals surface area contributed by atoms with Gasteiger partial charge in [0.1, 0.15) is 0 Å². The van der Waals surface area contributed by atoms with Gasteiger partial charge in [0.2, 0.25) is 5.91 Å². The quantitative estimate of drug-likeness (QED) is 0.807. The van der Waals surface area contributed by atoms with Gasteiger partial charge in [0.15, 0.2) is 0 Å². The summed E-state index contributed by atoms with van der Waals surface area (Å²) in [6, 6.07) is 15.2. The molecule has 0 radical (unpaired) electrons. The Morgan fingerprint density at radius 3 is 2.55 bits per heavy atom. The number of amides is 2. The van der Waals surface area contributed by atoms with Gasteiger partial charge in [-0.1, -0.05) is 29.8 Å². The predicted octanol–water partition coefficient (Wildman–Crippen LogP) is 4.04. The summed E-state index contributed by atoms with van der Waals surface area (Å²) in [6.07, 6.45) is 2.87. The zero-order valence-corrected chi connectivity index (χ0v) is 17.2. The number of hydrogen-bond acceptors (Lipinski definition) is 3. The fourth-order valence-corrected chi connectivity index (χ4v) is 3.81. The van der Waals surface area contributed by atoms with Gasteiger partial charge in [-0.3, -0.25) is 14.5 Å². The van der Waals surface area contributed by atoms with Crippen LogP contribution in [0.2, 0.25) is 5.02 Å². The van der Waals surface area contributed by atoms with Crippen LogP contribution >= 0.6 is 11.6 Å². The molecule has 5 nitrogen and oxygen atoms in total. The fourth-order valence-electron chi connectivity index (χ4n) is 3.68. The van der Waals surface area contributed by atoms with Crippen LogP contribution in [0.25, 0.3) is 0 Å². The molecule has 2 fully saturated rings. The van der Waals surface area contributed by atoms with E-state index in [0.717, 1.165) is 50.5 Å². The molecule has 2 amide bonds. The molecular weight excluding hydrogens is 386 g/mol. The number of hydrogen-bond donors (Lipinski definition) is 1. The molecule has 1 aliphatic heterocycles. The van der Waals surface area contributed by atoms with Crippen LogP contribution < -0.4 is 5.32 Å². The van der Waals surface area contributed by atoms with Crippen molar-refractivity contribution in [2.45, 2.75) is 25.8 Å². The molecule has 152 valence electrons. The third-order valence-corrected chi connectivity index (χ3v) is 5.77. The largest absolute Gasteiger partial charge is 0.337 e. The Morgan fingerprint density at radius 1 is 1.00 bits per heavy atom. The van der Waals surface area contributed by atoms with Crippen LogP contribution in [0.3, 0.4) is 0 Å². The minimum Gasteiger partial charge on any atom is -0.337 e. The van der Waals surface area contributed by atoms with Crippen molar-refractivity contribution < 1.29 is 9.59 Å². The van der Waals surface area contributed by atoms with Crippen molar-refractivity contribution in [1.82, 2.24) is 9.80 Å². The van der Waals surface area contributed by atoms with Crippen LogP contribution in [-0.4, -0.2) is 47.8 Å². The molecule has 6 heteroatoms. The molecular formula is C23H26ClN3O2. The molecule has 0 spiro atoms. The van der Waals surface area contributed by atoms with Crippen LogP contribution in [0.5, 0.6) is 0 Å². The van der Waals surface area contributed by atoms with E-state index >= 15 is 0 Å². The van der Waals surface area contributed by atoms with E-state index in [2.05, 4.69) is 22.3 Å². The normalized spacial score (nSPS) is 17.6. The Morgan fingerprint density at radius 2 is 1.79 bits per heavy atom. The first kappa shape index (κ1) is 19.9. The minimum atomic E-state index is 0.0286. The molecule has 2 aromatic carbocycles. The van der Waals surface area contributed by atoms with Crippen LogP contribution in [0.15, 0.2) is 48.5 Å². The Labute approximate surface area is 176 Å². The number of carbonyl (C=O) groups is 2. The first-order valence-corrected chi connectivity index (χ1v) is 10.6. The lowest BCUT2D eigenvalue weighted by atomic mass is 10.1. The predicted molar refractivity (Wildman–Crippen MR) is 115 cm³/mol. The van der Waals surface area contributed by atoms with Gasteiger partial charge in [0.25, 0.3) is 5.91 Å². The Hall–Kier alpha value is -2.37. The fraction of sp³-hybridized carbons (Fsp3) is 0.391. The summed E-state index contributed by atoms with van der Waals surface area (Å²) in [4.78, 5) is 29.3. The number of halogens is 1. The van der Waals surface area contributed by atoms with Gasteiger partial charge in [0, 0.05) is 54.9 Å². The van der Waals surface area contributed by atoms with Crippen LogP contribution in [0.4, 0.5) is 5.69 Å². The van der Waals surface area contributed by atoms with E-state index in [1.165, 1.54) is 5.56 Å². The number of nitrogens with one attached hydrogen (secondary N) is 1. The highest BCUT2D eigenvalue weighted by Crippen LogP contribution is 2.30. The lowest BCUT2D eigenvalue weighted by molar-refractivity contribution is -0.117. The van der Waals surface area contributed by atoms with E-state index in [0.29, 0.717) is 17.8 Å². The number of nitrogens with zero attached hydrogens (tertiary/aromatic N) is 2. The molecule has 0 aromatic heterocycles. The maximum atomic E-state index is 13.0. The van der Waals surface area contributed by atoms with Crippen molar-refractivity contribution in [3.63, 3.8) is 0 Å². The Kier molecular flexibility index (Phi) is 6.16. The molecule has 0 atom stereocenters. The topological polar surface area (TPSA) is 52.7 Å². The standard InChI is InChI=1S/C23H26ClN3O2/c24-20-9-5-17(6-10-20)16-26-11-2-12-27(14-13-26)23(29)19-3-1-4-21(15-19)25-22(28)18-7-8-18/h1,3-6,9-10,15,18H,2,7-8,11-14,16H2,(H,25,28). The summed E-state index contributed by atoms with van der Waals surface area (Å²) in [6.45, 7) is 4.11. The second-order valence-electron chi connectivity index (χ2n) is 7.89. The van der Waals surface area contributed by atoms with Crippen LogP contribution in [0, 0.1) is 5.92 Å². The maximum Gasteiger partial charge on any atom is 0.253 e. The van der Waals surface area contributed by atoms with Gasteiger partial charge in [-0.2, -0.15) is 0 Å². The molecule has 1 N–H and O–H groups in total. The highest BCUT2D eigenvalue weighted by atomic mass is 35.5. The Bertz CT molecular complexity index is 880. The first-order valence-electron chi connectivity index (χ1n) is 10.3. The zero-order chi connectivity index (χ0) is 20.2. The van der Waals surface area contributed by atoms with Crippen LogP contribution in [-0.2, 0) is 11.3 Å². The first-order chi connectivity index (χ1) is 14.1. The highest BCUT2D eigenvalue weighted by Gasteiger charge is 2.29. The third-order valence-electron chi connectivity index (χ3n) is 5.52. The molecule has 1 saturated heterocycles. The second-order valence-corrected chi connectivity index (χ2v) is 8.33. The molecule has 4 rings (SSSR count). The maximum absolute atomic E-state index is 13.0. The average Bonchev–Trinajstić information content (AvgIpc) is 3.57. The van der Waals surface area contributed by atoms with E-state index in [1.54, 1.807) is 6.07 Å². The van der Waals surface area contributed by atoms with Gasteiger partial charge in [0.05, 0.1) is 0 Å². The summed E-state index contributed by atoms with van der Waals surface area (Å²) >= 11 is 5.97. The molecule has 1 aliphatic carbocycles. The summed E-state index contributed by atoms with van der Waals surface area (Å²) in [5, 5.41) is 3.67. The number of anilines is 1. The molecule has 0 bridgehead atoms. The average molecular weight is 412 g/mol. The van der Waals surface area contributed by atoms with E-state index < -0.39 is 0 Å². The summed E-state index contributed by atoms with van der Waals surface area (Å²) in [7, 11) is 0. The lowest BCUT2D eigenvalue weighted by Crippen LogP contribution is -2.35. The van der Waals surface area contributed by atoms with Crippen molar-refractivity contribution in [2.24, 2.45) is 5.92 Å². The monoisotopic (exact) mass is 411 g/mol. The summed E-state index contributed by atoms with van der Waals surface area (Å²) in [5.41, 5.74) is 2.56. The van der Waals surface area contributed by atoms with Crippen molar-refractivity contribution in [1.29, 1.82) is 0 Å². The SMILES string of the molecule is O=C(Nc1cccc(C(=O)N2CCCN(Cc3ccc(Cl)cc3)CC2)c1)C1CC1.